The van der Waals surface area contributed by atoms with E-state index in [0.29, 0.717) is 31.0 Å². The summed E-state index contributed by atoms with van der Waals surface area (Å²) in [7, 11) is 0. The highest BCUT2D eigenvalue weighted by atomic mass is 35.5. The summed E-state index contributed by atoms with van der Waals surface area (Å²) in [5, 5.41) is 4.48. The number of amides is 3. The van der Waals surface area contributed by atoms with Gasteiger partial charge in [0.25, 0.3) is 5.91 Å². The molecule has 1 fully saturated rings. The smallest absolute Gasteiger partial charge is 0.366 e. The van der Waals surface area contributed by atoms with Gasteiger partial charge in [0.05, 0.1) is 16.8 Å². The third kappa shape index (κ3) is 4.29. The quantitative estimate of drug-likeness (QED) is 0.714. The number of hydrogen-bond acceptors (Lipinski definition) is 5. The zero-order valence-electron chi connectivity index (χ0n) is 17.0. The van der Waals surface area contributed by atoms with Crippen LogP contribution in [0, 0.1) is 0 Å². The van der Waals surface area contributed by atoms with Crippen LogP contribution in [0.4, 0.5) is 35.3 Å². The van der Waals surface area contributed by atoms with Crippen LogP contribution in [0.2, 0.25) is 5.02 Å². The predicted octanol–water partition coefficient (Wildman–Crippen LogP) is 3.83. The lowest BCUT2D eigenvalue weighted by atomic mass is 9.99. The molecule has 8 nitrogen and oxygen atoms in total. The van der Waals surface area contributed by atoms with Crippen LogP contribution in [0.25, 0.3) is 0 Å². The van der Waals surface area contributed by atoms with E-state index in [1.54, 1.807) is 18.2 Å². The molecule has 0 aromatic carbocycles. The van der Waals surface area contributed by atoms with E-state index >= 15 is 0 Å². The van der Waals surface area contributed by atoms with E-state index in [1.165, 1.54) is 17.2 Å². The van der Waals surface area contributed by atoms with Crippen molar-refractivity contribution in [1.82, 2.24) is 15.3 Å². The fraction of sp³-hybridized carbons (Fsp3) is 0.400. The van der Waals surface area contributed by atoms with Crippen LogP contribution in [0.1, 0.15) is 30.3 Å². The van der Waals surface area contributed by atoms with Gasteiger partial charge in [-0.3, -0.25) is 15.0 Å². The molecule has 12 heteroatoms. The van der Waals surface area contributed by atoms with E-state index in [1.807, 2.05) is 10.2 Å². The Hall–Kier alpha value is -3.08. The fourth-order valence-corrected chi connectivity index (χ4v) is 4.04. The number of urea groups is 1. The number of nitrogens with one attached hydrogen (secondary N) is 2. The number of carbonyl (C=O) groups excluding carboxylic acids is 2. The summed E-state index contributed by atoms with van der Waals surface area (Å²) in [6, 6.07) is 3.72. The standard InChI is InChI=1S/C20H20ClF3N6O2/c1-11(20(22,23)24)26-18(31)16-13(21)9-14-17(28-16)30(12-5-4-8-29(14)10-12)19(32)27-15-6-2-3-7-25-15/h2-3,6-7,9,11-12H,4-5,8,10H2,1H3,(H,26,31)(H,25,27,32)/t11?,12-/m0/s1. The third-order valence-corrected chi connectivity index (χ3v) is 5.73. The number of halogens is 4. The number of hydrogen-bond donors (Lipinski definition) is 2. The minimum Gasteiger partial charge on any atom is -0.366 e. The van der Waals surface area contributed by atoms with Crippen LogP contribution in [0.3, 0.4) is 0 Å². The summed E-state index contributed by atoms with van der Waals surface area (Å²) in [4.78, 5) is 37.4. The first-order valence-corrected chi connectivity index (χ1v) is 10.4. The van der Waals surface area contributed by atoms with Gasteiger partial charge in [0.2, 0.25) is 0 Å². The van der Waals surface area contributed by atoms with Crippen LogP contribution in [-0.2, 0) is 0 Å². The first-order valence-electron chi connectivity index (χ1n) is 9.99. The summed E-state index contributed by atoms with van der Waals surface area (Å²) < 4.78 is 38.7. The van der Waals surface area contributed by atoms with E-state index in [0.717, 1.165) is 13.3 Å². The molecule has 0 aliphatic carbocycles. The number of pyridine rings is 2. The lowest BCUT2D eigenvalue weighted by Gasteiger charge is -2.45. The molecule has 0 spiro atoms. The second-order valence-electron chi connectivity index (χ2n) is 7.66. The molecule has 2 N–H and O–H groups in total. The van der Waals surface area contributed by atoms with Gasteiger partial charge in [-0.25, -0.2) is 14.8 Å². The molecule has 0 saturated carbocycles. The second kappa shape index (κ2) is 8.45. The van der Waals surface area contributed by atoms with Gasteiger partial charge in [-0.1, -0.05) is 17.7 Å². The van der Waals surface area contributed by atoms with E-state index in [-0.39, 0.29) is 22.6 Å². The van der Waals surface area contributed by atoms with Crippen molar-refractivity contribution >= 4 is 40.9 Å². The van der Waals surface area contributed by atoms with Gasteiger partial charge in [0.15, 0.2) is 5.82 Å². The molecule has 2 aromatic rings. The average molecular weight is 469 g/mol. The van der Waals surface area contributed by atoms with Gasteiger partial charge in [0.1, 0.15) is 17.6 Å². The molecule has 1 saturated heterocycles. The molecule has 170 valence electrons. The van der Waals surface area contributed by atoms with Crippen LogP contribution < -0.4 is 20.4 Å². The van der Waals surface area contributed by atoms with Crippen molar-refractivity contribution < 1.29 is 22.8 Å². The maximum absolute atomic E-state index is 13.1. The molecule has 2 aliphatic heterocycles. The largest absolute Gasteiger partial charge is 0.408 e. The topological polar surface area (TPSA) is 90.5 Å². The molecule has 4 rings (SSSR count). The number of carbonyl (C=O) groups is 2. The highest BCUT2D eigenvalue weighted by Gasteiger charge is 2.41. The maximum Gasteiger partial charge on any atom is 0.408 e. The second-order valence-corrected chi connectivity index (χ2v) is 8.06. The molecule has 2 aromatic heterocycles. The summed E-state index contributed by atoms with van der Waals surface area (Å²) in [5.74, 6) is -0.565. The molecule has 0 radical (unpaired) electrons. The van der Waals surface area contributed by atoms with Crippen molar-refractivity contribution in [3.8, 4) is 0 Å². The van der Waals surface area contributed by atoms with Crippen molar-refractivity contribution in [2.75, 3.05) is 28.2 Å². The first kappa shape index (κ1) is 22.1. The predicted molar refractivity (Wildman–Crippen MR) is 113 cm³/mol. The Balaban J connectivity index is 1.70. The number of aromatic nitrogens is 2. The normalized spacial score (nSPS) is 18.6. The van der Waals surface area contributed by atoms with Crippen molar-refractivity contribution in [3.63, 3.8) is 0 Å². The number of fused-ring (bicyclic) bond motifs is 4. The van der Waals surface area contributed by atoms with Crippen molar-refractivity contribution in [2.45, 2.75) is 38.0 Å². The molecule has 2 bridgehead atoms. The van der Waals surface area contributed by atoms with Crippen LogP contribution in [0.5, 0.6) is 0 Å². The van der Waals surface area contributed by atoms with E-state index < -0.39 is 24.2 Å². The Kier molecular flexibility index (Phi) is 5.85. The Morgan fingerprint density at radius 1 is 1.31 bits per heavy atom. The minimum absolute atomic E-state index is 0.0928. The molecule has 2 aliphatic rings. The fourth-order valence-electron chi connectivity index (χ4n) is 3.81. The summed E-state index contributed by atoms with van der Waals surface area (Å²) in [6.07, 6.45) is -1.54. The average Bonchev–Trinajstić information content (AvgIpc) is 2.74. The van der Waals surface area contributed by atoms with Gasteiger partial charge in [0, 0.05) is 19.3 Å². The molecule has 3 amide bonds. The summed E-state index contributed by atoms with van der Waals surface area (Å²) in [5.41, 5.74) is 0.167. The van der Waals surface area contributed by atoms with Gasteiger partial charge < -0.3 is 10.2 Å². The molecule has 1 unspecified atom stereocenters. The SMILES string of the molecule is CC(NC(=O)c1nc2c(cc1Cl)N1CCC[C@@H](C1)N2C(=O)Nc1ccccn1)C(F)(F)F. The lowest BCUT2D eigenvalue weighted by Crippen LogP contribution is -2.56. The molecule has 2 atom stereocenters. The van der Waals surface area contributed by atoms with Crippen molar-refractivity contribution in [3.05, 3.63) is 41.2 Å². The first-order chi connectivity index (χ1) is 15.1. The maximum atomic E-state index is 13.1. The van der Waals surface area contributed by atoms with Crippen LogP contribution >= 0.6 is 11.6 Å². The zero-order valence-corrected chi connectivity index (χ0v) is 17.7. The molecule has 4 heterocycles. The summed E-state index contributed by atoms with van der Waals surface area (Å²) in [6.45, 7) is 2.10. The van der Waals surface area contributed by atoms with Crippen molar-refractivity contribution in [1.29, 1.82) is 0 Å². The van der Waals surface area contributed by atoms with Crippen LogP contribution in [-0.4, -0.2) is 53.3 Å². The Bertz CT molecular complexity index is 1040. The number of alkyl halides is 3. The third-order valence-electron chi connectivity index (χ3n) is 5.44. The van der Waals surface area contributed by atoms with E-state index in [2.05, 4.69) is 15.3 Å². The number of anilines is 3. The molecular weight excluding hydrogens is 449 g/mol. The van der Waals surface area contributed by atoms with Gasteiger partial charge in [-0.2, -0.15) is 13.2 Å². The van der Waals surface area contributed by atoms with E-state index in [4.69, 9.17) is 11.6 Å². The Labute approximate surface area is 186 Å². The van der Waals surface area contributed by atoms with Crippen molar-refractivity contribution in [2.24, 2.45) is 0 Å². The number of rotatable bonds is 3. The Morgan fingerprint density at radius 3 is 2.78 bits per heavy atom. The van der Waals surface area contributed by atoms with Gasteiger partial charge >= 0.3 is 12.2 Å². The molecular formula is C20H20ClF3N6O2. The summed E-state index contributed by atoms with van der Waals surface area (Å²) >= 11 is 6.23. The van der Waals surface area contributed by atoms with Gasteiger partial charge in [-0.15, -0.1) is 0 Å². The zero-order chi connectivity index (χ0) is 23.0. The lowest BCUT2D eigenvalue weighted by molar-refractivity contribution is -0.149. The van der Waals surface area contributed by atoms with E-state index in [9.17, 15) is 22.8 Å². The number of piperidine rings is 1. The highest BCUT2D eigenvalue weighted by Crippen LogP contribution is 2.40. The highest BCUT2D eigenvalue weighted by molar-refractivity contribution is 6.34. The monoisotopic (exact) mass is 468 g/mol. The number of nitrogens with zero attached hydrogens (tertiary/aromatic N) is 4. The van der Waals surface area contributed by atoms with Gasteiger partial charge in [-0.05, 0) is 38.0 Å². The minimum atomic E-state index is -4.62. The Morgan fingerprint density at radius 2 is 2.09 bits per heavy atom. The molecule has 32 heavy (non-hydrogen) atoms. The van der Waals surface area contributed by atoms with Crippen LogP contribution in [0.15, 0.2) is 30.5 Å².